The number of carbonyl (C=O) groups excluding carboxylic acids is 1. The molecule has 1 amide bonds. The fourth-order valence-corrected chi connectivity index (χ4v) is 4.12. The number of rotatable bonds is 9. The lowest BCUT2D eigenvalue weighted by Crippen LogP contribution is -2.64. The molecule has 2 aromatic heterocycles. The second-order valence-corrected chi connectivity index (χ2v) is 8.04. The molecule has 0 atom stereocenters. The SMILES string of the molecule is COc1cccc(CC2(C(=O)NCCc3ccn[nH]3)CN(Cc3cncn3C)C2)c1. The third kappa shape index (κ3) is 4.38. The van der Waals surface area contributed by atoms with Gasteiger partial charge in [0.15, 0.2) is 0 Å². The van der Waals surface area contributed by atoms with Crippen LogP contribution in [-0.2, 0) is 31.2 Å². The lowest BCUT2D eigenvalue weighted by atomic mass is 9.73. The van der Waals surface area contributed by atoms with E-state index in [1.165, 1.54) is 0 Å². The average molecular weight is 409 g/mol. The molecule has 1 saturated heterocycles. The summed E-state index contributed by atoms with van der Waals surface area (Å²) in [4.78, 5) is 19.7. The number of aryl methyl sites for hydroxylation is 1. The van der Waals surface area contributed by atoms with Gasteiger partial charge >= 0.3 is 0 Å². The Kier molecular flexibility index (Phi) is 5.85. The maximum atomic E-state index is 13.2. The van der Waals surface area contributed by atoms with E-state index in [9.17, 15) is 4.79 Å². The highest BCUT2D eigenvalue weighted by molar-refractivity contribution is 5.84. The van der Waals surface area contributed by atoms with Gasteiger partial charge in [-0.1, -0.05) is 12.1 Å². The number of aromatic nitrogens is 4. The van der Waals surface area contributed by atoms with E-state index in [1.54, 1.807) is 19.6 Å². The fraction of sp³-hybridized carbons (Fsp3) is 0.409. The second kappa shape index (κ2) is 8.71. The predicted octanol–water partition coefficient (Wildman–Crippen LogP) is 1.56. The number of benzene rings is 1. The summed E-state index contributed by atoms with van der Waals surface area (Å²) in [5.41, 5.74) is 2.82. The van der Waals surface area contributed by atoms with Crippen molar-refractivity contribution in [2.75, 3.05) is 26.7 Å². The van der Waals surface area contributed by atoms with Gasteiger partial charge in [-0.2, -0.15) is 5.10 Å². The highest BCUT2D eigenvalue weighted by Crippen LogP contribution is 2.36. The smallest absolute Gasteiger partial charge is 0.229 e. The Balaban J connectivity index is 1.43. The third-order valence-corrected chi connectivity index (χ3v) is 5.75. The van der Waals surface area contributed by atoms with Gasteiger partial charge in [0.1, 0.15) is 5.75 Å². The molecule has 0 unspecified atom stereocenters. The highest BCUT2D eigenvalue weighted by Gasteiger charge is 2.49. The number of ether oxygens (including phenoxy) is 1. The van der Waals surface area contributed by atoms with Crippen molar-refractivity contribution in [1.82, 2.24) is 30.0 Å². The molecule has 3 heterocycles. The maximum absolute atomic E-state index is 13.2. The molecule has 30 heavy (non-hydrogen) atoms. The van der Waals surface area contributed by atoms with Gasteiger partial charge in [0.25, 0.3) is 0 Å². The van der Waals surface area contributed by atoms with E-state index < -0.39 is 5.41 Å². The zero-order valence-corrected chi connectivity index (χ0v) is 17.5. The van der Waals surface area contributed by atoms with E-state index in [-0.39, 0.29) is 5.91 Å². The standard InChI is InChI=1S/C22H28N6O2/c1-27-16-23-12-19(27)13-28-14-22(15-28,11-17-4-3-5-20(10-17)30-2)21(29)24-8-6-18-7-9-25-26-18/h3-5,7,9-10,12,16H,6,8,11,13-15H2,1-2H3,(H,24,29)(H,25,26). The largest absolute Gasteiger partial charge is 0.497 e. The molecule has 4 rings (SSSR count). The summed E-state index contributed by atoms with van der Waals surface area (Å²) in [6, 6.07) is 9.91. The van der Waals surface area contributed by atoms with Gasteiger partial charge in [-0.15, -0.1) is 0 Å². The second-order valence-electron chi connectivity index (χ2n) is 8.04. The van der Waals surface area contributed by atoms with Crippen molar-refractivity contribution >= 4 is 5.91 Å². The minimum Gasteiger partial charge on any atom is -0.497 e. The van der Waals surface area contributed by atoms with Gasteiger partial charge < -0.3 is 14.6 Å². The molecule has 3 aromatic rings. The van der Waals surface area contributed by atoms with Crippen molar-refractivity contribution in [2.45, 2.75) is 19.4 Å². The number of aromatic amines is 1. The molecule has 1 aromatic carbocycles. The number of nitrogens with one attached hydrogen (secondary N) is 2. The normalized spacial score (nSPS) is 15.5. The number of imidazole rings is 1. The van der Waals surface area contributed by atoms with Crippen molar-refractivity contribution < 1.29 is 9.53 Å². The number of H-pyrrole nitrogens is 1. The van der Waals surface area contributed by atoms with Crippen LogP contribution in [-0.4, -0.2) is 57.3 Å². The lowest BCUT2D eigenvalue weighted by molar-refractivity contribution is -0.142. The molecule has 0 bridgehead atoms. The molecule has 2 N–H and O–H groups in total. The third-order valence-electron chi connectivity index (χ3n) is 5.75. The molecule has 1 aliphatic heterocycles. The Morgan fingerprint density at radius 3 is 2.90 bits per heavy atom. The molecule has 8 nitrogen and oxygen atoms in total. The summed E-state index contributed by atoms with van der Waals surface area (Å²) in [5.74, 6) is 0.916. The number of carbonyl (C=O) groups is 1. The van der Waals surface area contributed by atoms with E-state index in [0.717, 1.165) is 35.7 Å². The van der Waals surface area contributed by atoms with Crippen LogP contribution in [0.1, 0.15) is 17.0 Å². The summed E-state index contributed by atoms with van der Waals surface area (Å²) in [6.45, 7) is 2.80. The van der Waals surface area contributed by atoms with E-state index in [0.29, 0.717) is 26.1 Å². The van der Waals surface area contributed by atoms with Crippen molar-refractivity contribution in [3.05, 3.63) is 66.0 Å². The Hall–Kier alpha value is -3.13. The van der Waals surface area contributed by atoms with Crippen LogP contribution in [0.3, 0.4) is 0 Å². The molecular weight excluding hydrogens is 380 g/mol. The molecular formula is C22H28N6O2. The molecule has 1 aliphatic rings. The average Bonchev–Trinajstić information content (AvgIpc) is 3.38. The first kappa shape index (κ1) is 20.2. The van der Waals surface area contributed by atoms with Gasteiger partial charge in [-0.3, -0.25) is 14.8 Å². The van der Waals surface area contributed by atoms with Gasteiger partial charge in [-0.25, -0.2) is 4.98 Å². The number of amides is 1. The van der Waals surface area contributed by atoms with Crippen LogP contribution in [0.5, 0.6) is 5.75 Å². The quantitative estimate of drug-likeness (QED) is 0.561. The number of likely N-dealkylation sites (tertiary alicyclic amines) is 1. The molecule has 0 spiro atoms. The van der Waals surface area contributed by atoms with Crippen molar-refractivity contribution in [1.29, 1.82) is 0 Å². The van der Waals surface area contributed by atoms with E-state index in [2.05, 4.69) is 31.5 Å². The van der Waals surface area contributed by atoms with E-state index in [1.807, 2.05) is 42.1 Å². The van der Waals surface area contributed by atoms with E-state index >= 15 is 0 Å². The Bertz CT molecular complexity index is 975. The highest BCUT2D eigenvalue weighted by atomic mass is 16.5. The summed E-state index contributed by atoms with van der Waals surface area (Å²) < 4.78 is 7.38. The first-order valence-corrected chi connectivity index (χ1v) is 10.1. The van der Waals surface area contributed by atoms with Crippen LogP contribution in [0.25, 0.3) is 0 Å². The minimum absolute atomic E-state index is 0.103. The first-order chi connectivity index (χ1) is 14.6. The van der Waals surface area contributed by atoms with Crippen LogP contribution in [0, 0.1) is 5.41 Å². The zero-order valence-electron chi connectivity index (χ0n) is 17.5. The zero-order chi connectivity index (χ0) is 21.0. The van der Waals surface area contributed by atoms with Crippen molar-refractivity contribution in [2.24, 2.45) is 12.5 Å². The van der Waals surface area contributed by atoms with Crippen molar-refractivity contribution in [3.8, 4) is 5.75 Å². The fourth-order valence-electron chi connectivity index (χ4n) is 4.12. The van der Waals surface area contributed by atoms with E-state index in [4.69, 9.17) is 4.74 Å². The number of nitrogens with zero attached hydrogens (tertiary/aromatic N) is 4. The van der Waals surface area contributed by atoms with Crippen LogP contribution in [0.15, 0.2) is 49.1 Å². The first-order valence-electron chi connectivity index (χ1n) is 10.1. The van der Waals surface area contributed by atoms with Crippen LogP contribution in [0.4, 0.5) is 0 Å². The van der Waals surface area contributed by atoms with Gasteiger partial charge in [0, 0.05) is 57.7 Å². The minimum atomic E-state index is -0.445. The number of hydrogen-bond donors (Lipinski definition) is 2. The monoisotopic (exact) mass is 408 g/mol. The lowest BCUT2D eigenvalue weighted by Gasteiger charge is -2.49. The topological polar surface area (TPSA) is 88.1 Å². The Morgan fingerprint density at radius 1 is 1.33 bits per heavy atom. The molecule has 1 fully saturated rings. The van der Waals surface area contributed by atoms with Crippen LogP contribution >= 0.6 is 0 Å². The number of hydrogen-bond acceptors (Lipinski definition) is 5. The number of methoxy groups -OCH3 is 1. The van der Waals surface area contributed by atoms with Gasteiger partial charge in [0.2, 0.25) is 5.91 Å². The predicted molar refractivity (Wildman–Crippen MR) is 113 cm³/mol. The summed E-state index contributed by atoms with van der Waals surface area (Å²) in [7, 11) is 3.66. The van der Waals surface area contributed by atoms with Gasteiger partial charge in [-0.05, 0) is 30.2 Å². The molecule has 0 aliphatic carbocycles. The van der Waals surface area contributed by atoms with Crippen LogP contribution < -0.4 is 10.1 Å². The molecule has 0 radical (unpaired) electrons. The van der Waals surface area contributed by atoms with Crippen molar-refractivity contribution in [3.63, 3.8) is 0 Å². The Morgan fingerprint density at radius 2 is 2.20 bits per heavy atom. The van der Waals surface area contributed by atoms with Crippen LogP contribution in [0.2, 0.25) is 0 Å². The maximum Gasteiger partial charge on any atom is 0.229 e. The molecule has 158 valence electrons. The summed E-state index contributed by atoms with van der Waals surface area (Å²) in [6.07, 6.45) is 6.83. The Labute approximate surface area is 176 Å². The summed E-state index contributed by atoms with van der Waals surface area (Å²) in [5, 5.41) is 10.0. The summed E-state index contributed by atoms with van der Waals surface area (Å²) >= 11 is 0. The molecule has 0 saturated carbocycles. The molecule has 8 heteroatoms. The van der Waals surface area contributed by atoms with Gasteiger partial charge in [0.05, 0.1) is 24.5 Å².